The van der Waals surface area contributed by atoms with E-state index >= 15 is 0 Å². The van der Waals surface area contributed by atoms with Crippen molar-refractivity contribution in [3.63, 3.8) is 0 Å². The van der Waals surface area contributed by atoms with Gasteiger partial charge in [0.05, 0.1) is 25.4 Å². The van der Waals surface area contributed by atoms with Gasteiger partial charge in [0, 0.05) is 13.0 Å². The number of phosphoric ester groups is 1. The van der Waals surface area contributed by atoms with E-state index in [1.807, 2.05) is 0 Å². The number of phosphoric acid groups is 1. The summed E-state index contributed by atoms with van der Waals surface area (Å²) in [6, 6.07) is -0.770. The Morgan fingerprint density at radius 2 is 1.04 bits per heavy atom. The van der Waals surface area contributed by atoms with E-state index in [1.54, 1.807) is 0 Å². The molecule has 8 nitrogen and oxygen atoms in total. The molecule has 0 radical (unpaired) electrons. The lowest BCUT2D eigenvalue weighted by molar-refractivity contribution is -0.123. The van der Waals surface area contributed by atoms with E-state index in [0.29, 0.717) is 12.8 Å². The lowest BCUT2D eigenvalue weighted by Crippen LogP contribution is -2.46. The Labute approximate surface area is 309 Å². The molecule has 0 aromatic heterocycles. The van der Waals surface area contributed by atoms with Crippen LogP contribution in [-0.4, -0.2) is 47.8 Å². The van der Waals surface area contributed by atoms with Gasteiger partial charge in [-0.1, -0.05) is 180 Å². The van der Waals surface area contributed by atoms with Crippen LogP contribution in [0.4, 0.5) is 0 Å². The summed E-state index contributed by atoms with van der Waals surface area (Å²) in [6.07, 6.45) is 40.7. The first kappa shape index (κ1) is 49.2. The van der Waals surface area contributed by atoms with Crippen molar-refractivity contribution in [3.8, 4) is 0 Å². The number of hydrogen-bond acceptors (Lipinski definition) is 6. The van der Waals surface area contributed by atoms with Gasteiger partial charge in [-0.15, -0.1) is 0 Å². The van der Waals surface area contributed by atoms with Crippen LogP contribution in [0.1, 0.15) is 213 Å². The fourth-order valence-corrected chi connectivity index (χ4v) is 7.13. The third kappa shape index (κ3) is 35.6. The van der Waals surface area contributed by atoms with Gasteiger partial charge in [-0.2, -0.15) is 0 Å². The maximum absolute atomic E-state index is 12.7. The molecule has 298 valence electrons. The molecule has 0 aromatic carbocycles. The van der Waals surface area contributed by atoms with Gasteiger partial charge in [0.2, 0.25) is 5.91 Å². The van der Waals surface area contributed by atoms with E-state index in [4.69, 9.17) is 14.8 Å². The molecule has 0 spiro atoms. The maximum atomic E-state index is 12.7. The minimum absolute atomic E-state index is 0.0902. The molecule has 3 atom stereocenters. The van der Waals surface area contributed by atoms with Crippen molar-refractivity contribution >= 4 is 13.7 Å². The summed E-state index contributed by atoms with van der Waals surface area (Å²) in [5, 5.41) is 13.8. The molecule has 5 N–H and O–H groups in total. The Morgan fingerprint density at radius 1 is 0.640 bits per heavy atom. The molecule has 3 unspecified atom stereocenters. The standard InChI is InChI=1S/C41H83N2O6P/c1-3-5-7-9-11-13-15-17-18-19-20-21-22-23-25-27-29-31-33-35-41(45)43-39(38-49-50(46,47)48-37-36-42)40(44)34-32-30-28-26-24-16-14-12-10-8-6-4-2/h17-18,39-40,44H,3-16,19-38,42H2,1-2H3,(H,43,45)(H,46,47)/b18-17-. The number of nitrogens with one attached hydrogen (secondary N) is 1. The molecule has 1 amide bonds. The van der Waals surface area contributed by atoms with Crippen molar-refractivity contribution in [1.82, 2.24) is 5.32 Å². The van der Waals surface area contributed by atoms with Gasteiger partial charge >= 0.3 is 7.82 Å². The van der Waals surface area contributed by atoms with E-state index in [-0.39, 0.29) is 25.7 Å². The third-order valence-corrected chi connectivity index (χ3v) is 10.6. The van der Waals surface area contributed by atoms with Crippen LogP contribution >= 0.6 is 7.82 Å². The highest BCUT2D eigenvalue weighted by Gasteiger charge is 2.27. The smallest absolute Gasteiger partial charge is 0.391 e. The van der Waals surface area contributed by atoms with E-state index in [0.717, 1.165) is 38.5 Å². The van der Waals surface area contributed by atoms with Crippen LogP contribution in [0.15, 0.2) is 12.2 Å². The van der Waals surface area contributed by atoms with Gasteiger partial charge < -0.3 is 21.1 Å². The molecule has 0 fully saturated rings. The highest BCUT2D eigenvalue weighted by atomic mass is 31.2. The molecule has 0 aromatic rings. The van der Waals surface area contributed by atoms with E-state index in [1.165, 1.54) is 148 Å². The summed E-state index contributed by atoms with van der Waals surface area (Å²) in [7, 11) is -4.31. The number of aliphatic hydroxyl groups excluding tert-OH is 1. The lowest BCUT2D eigenvalue weighted by Gasteiger charge is -2.25. The summed E-state index contributed by atoms with van der Waals surface area (Å²) in [4.78, 5) is 22.7. The first-order chi connectivity index (χ1) is 24.4. The largest absolute Gasteiger partial charge is 0.472 e. The maximum Gasteiger partial charge on any atom is 0.472 e. The Bertz CT molecular complexity index is 799. The third-order valence-electron chi connectivity index (χ3n) is 9.62. The number of carbonyl (C=O) groups is 1. The molecule has 9 heteroatoms. The van der Waals surface area contributed by atoms with Gasteiger partial charge in [-0.05, 0) is 38.5 Å². The molecule has 0 aliphatic rings. The fraction of sp³-hybridized carbons (Fsp3) is 0.927. The Balaban J connectivity index is 4.12. The second-order valence-electron chi connectivity index (χ2n) is 14.6. The van der Waals surface area contributed by atoms with E-state index in [9.17, 15) is 19.4 Å². The lowest BCUT2D eigenvalue weighted by atomic mass is 10.0. The highest BCUT2D eigenvalue weighted by molar-refractivity contribution is 7.47. The number of unbranched alkanes of at least 4 members (excludes halogenated alkanes) is 26. The van der Waals surface area contributed by atoms with Gasteiger partial charge in [-0.25, -0.2) is 4.57 Å². The molecule has 0 saturated carbocycles. The number of carbonyl (C=O) groups excluding carboxylic acids is 1. The summed E-state index contributed by atoms with van der Waals surface area (Å²) < 4.78 is 22.1. The van der Waals surface area contributed by atoms with E-state index < -0.39 is 20.0 Å². The molecule has 0 aliphatic carbocycles. The van der Waals surface area contributed by atoms with Crippen molar-refractivity contribution in [2.24, 2.45) is 5.73 Å². The number of nitrogens with two attached hydrogens (primary N) is 1. The SMILES string of the molecule is CCCCCCCC/C=C\CCCCCCCCCCCC(=O)NC(COP(=O)(O)OCCN)C(O)CCCCCCCCCCCCCC. The monoisotopic (exact) mass is 731 g/mol. The van der Waals surface area contributed by atoms with Crippen molar-refractivity contribution in [1.29, 1.82) is 0 Å². The number of rotatable bonds is 40. The molecular weight excluding hydrogens is 647 g/mol. The number of hydrogen-bond donors (Lipinski definition) is 4. The normalized spacial score (nSPS) is 14.3. The molecule has 0 bridgehead atoms. The van der Waals surface area contributed by atoms with Crippen LogP contribution in [0.2, 0.25) is 0 Å². The van der Waals surface area contributed by atoms with Crippen LogP contribution in [0.25, 0.3) is 0 Å². The minimum atomic E-state index is -4.31. The first-order valence-corrected chi connectivity index (χ1v) is 22.8. The topological polar surface area (TPSA) is 131 Å². The summed E-state index contributed by atoms with van der Waals surface area (Å²) in [5.41, 5.74) is 5.37. The zero-order valence-electron chi connectivity index (χ0n) is 32.9. The van der Waals surface area contributed by atoms with Crippen LogP contribution in [-0.2, 0) is 18.4 Å². The molecule has 0 aliphatic heterocycles. The predicted octanol–water partition coefficient (Wildman–Crippen LogP) is 11.6. The van der Waals surface area contributed by atoms with Crippen molar-refractivity contribution in [2.45, 2.75) is 225 Å². The average molecular weight is 731 g/mol. The fourth-order valence-electron chi connectivity index (χ4n) is 6.37. The predicted molar refractivity (Wildman–Crippen MR) is 212 cm³/mol. The average Bonchev–Trinajstić information content (AvgIpc) is 3.10. The summed E-state index contributed by atoms with van der Waals surface area (Å²) >= 11 is 0. The van der Waals surface area contributed by atoms with Gasteiger partial charge in [0.25, 0.3) is 0 Å². The van der Waals surface area contributed by atoms with Crippen LogP contribution in [0.3, 0.4) is 0 Å². The van der Waals surface area contributed by atoms with E-state index in [2.05, 4.69) is 31.3 Å². The van der Waals surface area contributed by atoms with Crippen LogP contribution in [0.5, 0.6) is 0 Å². The summed E-state index contributed by atoms with van der Waals surface area (Å²) in [5.74, 6) is -0.163. The zero-order valence-corrected chi connectivity index (χ0v) is 33.8. The van der Waals surface area contributed by atoms with Crippen molar-refractivity contribution < 1.29 is 28.4 Å². The quantitative estimate of drug-likeness (QED) is 0.0280. The molecule has 50 heavy (non-hydrogen) atoms. The van der Waals surface area contributed by atoms with Gasteiger partial charge in [0.15, 0.2) is 0 Å². The molecule has 0 saturated heterocycles. The van der Waals surface area contributed by atoms with Gasteiger partial charge in [-0.3, -0.25) is 13.8 Å². The number of amides is 1. The minimum Gasteiger partial charge on any atom is -0.391 e. The van der Waals surface area contributed by atoms with Crippen LogP contribution < -0.4 is 11.1 Å². The molecule has 0 rings (SSSR count). The zero-order chi connectivity index (χ0) is 36.8. The first-order valence-electron chi connectivity index (χ1n) is 21.3. The Hall–Kier alpha value is -0.760. The number of allylic oxidation sites excluding steroid dienone is 2. The second-order valence-corrected chi connectivity index (χ2v) is 16.0. The Kier molecular flexibility index (Phi) is 37.4. The van der Waals surface area contributed by atoms with Crippen molar-refractivity contribution in [2.75, 3.05) is 19.8 Å². The van der Waals surface area contributed by atoms with Gasteiger partial charge in [0.1, 0.15) is 0 Å². The van der Waals surface area contributed by atoms with Crippen LogP contribution in [0, 0.1) is 0 Å². The summed E-state index contributed by atoms with van der Waals surface area (Å²) in [6.45, 7) is 4.21. The molecular formula is C41H83N2O6P. The Morgan fingerprint density at radius 3 is 1.48 bits per heavy atom. The molecule has 0 heterocycles. The second kappa shape index (κ2) is 38.0. The van der Waals surface area contributed by atoms with Crippen molar-refractivity contribution in [3.05, 3.63) is 12.2 Å². The highest BCUT2D eigenvalue weighted by Crippen LogP contribution is 2.43. The number of aliphatic hydroxyl groups is 1.